The zero-order chi connectivity index (χ0) is 15.5. The van der Waals surface area contributed by atoms with Crippen LogP contribution in [0.2, 0.25) is 0 Å². The van der Waals surface area contributed by atoms with Crippen LogP contribution in [0.25, 0.3) is 10.9 Å². The van der Waals surface area contributed by atoms with Crippen LogP contribution in [0.4, 0.5) is 0 Å². The summed E-state index contributed by atoms with van der Waals surface area (Å²) in [4.78, 5) is 3.40. The molecule has 5 heteroatoms. The van der Waals surface area contributed by atoms with E-state index in [0.29, 0.717) is 24.7 Å². The van der Waals surface area contributed by atoms with Gasteiger partial charge < -0.3 is 14.2 Å². The van der Waals surface area contributed by atoms with E-state index in [4.69, 9.17) is 14.5 Å². The quantitative estimate of drug-likeness (QED) is 0.774. The Bertz CT molecular complexity index is 810. The fourth-order valence-electron chi connectivity index (χ4n) is 2.36. The summed E-state index contributed by atoms with van der Waals surface area (Å²) >= 11 is 0. The predicted octanol–water partition coefficient (Wildman–Crippen LogP) is 3.92. The van der Waals surface area contributed by atoms with E-state index in [2.05, 4.69) is 36.1 Å². The molecule has 0 saturated heterocycles. The molecule has 5 nitrogen and oxygen atoms in total. The fraction of sp³-hybridized carbons (Fsp3) is 0.294. The van der Waals surface area contributed by atoms with Crippen molar-refractivity contribution in [2.75, 3.05) is 0 Å². The van der Waals surface area contributed by atoms with E-state index >= 15 is 0 Å². The second kappa shape index (κ2) is 5.94. The van der Waals surface area contributed by atoms with E-state index in [1.165, 1.54) is 12.0 Å². The molecule has 0 fully saturated rings. The predicted molar refractivity (Wildman–Crippen MR) is 82.5 cm³/mol. The first kappa shape index (κ1) is 14.2. The highest BCUT2D eigenvalue weighted by molar-refractivity contribution is 5.83. The van der Waals surface area contributed by atoms with Gasteiger partial charge in [0.25, 0.3) is 0 Å². The third kappa shape index (κ3) is 2.82. The van der Waals surface area contributed by atoms with Gasteiger partial charge in [-0.1, -0.05) is 19.0 Å². The minimum absolute atomic E-state index is 0.312. The molecule has 0 radical (unpaired) electrons. The fourth-order valence-corrected chi connectivity index (χ4v) is 2.36. The standard InChI is InChI=1S/C17H17N3O2/c1-11(2)15-8-13-7-12(3-5-18)17(9-16(13)19-15)21-10-14-4-6-22-20-14/h4,6-9,11,19H,3,10H2,1-2H3. The molecule has 1 N–H and O–H groups in total. The molecule has 0 spiro atoms. The van der Waals surface area contributed by atoms with Gasteiger partial charge in [0.15, 0.2) is 0 Å². The van der Waals surface area contributed by atoms with Crippen LogP contribution < -0.4 is 4.74 Å². The third-order valence-electron chi connectivity index (χ3n) is 3.58. The summed E-state index contributed by atoms with van der Waals surface area (Å²) in [6.45, 7) is 4.60. The van der Waals surface area contributed by atoms with Crippen molar-refractivity contribution in [3.8, 4) is 11.8 Å². The lowest BCUT2D eigenvalue weighted by Crippen LogP contribution is -1.99. The van der Waals surface area contributed by atoms with Crippen molar-refractivity contribution in [2.45, 2.75) is 32.8 Å². The molecule has 1 aromatic carbocycles. The topological polar surface area (TPSA) is 74.8 Å². The van der Waals surface area contributed by atoms with Crippen LogP contribution in [-0.4, -0.2) is 10.1 Å². The van der Waals surface area contributed by atoms with Crippen LogP contribution in [0, 0.1) is 11.3 Å². The molecular weight excluding hydrogens is 278 g/mol. The second-order valence-corrected chi connectivity index (χ2v) is 5.54. The Labute approximate surface area is 128 Å². The molecule has 0 unspecified atom stereocenters. The Morgan fingerprint density at radius 2 is 2.23 bits per heavy atom. The minimum atomic E-state index is 0.312. The first-order valence-electron chi connectivity index (χ1n) is 7.22. The number of nitriles is 1. The van der Waals surface area contributed by atoms with Gasteiger partial charge in [-0.3, -0.25) is 0 Å². The molecule has 2 heterocycles. The molecule has 2 aromatic heterocycles. The van der Waals surface area contributed by atoms with Gasteiger partial charge in [-0.05, 0) is 18.1 Å². The highest BCUT2D eigenvalue weighted by Crippen LogP contribution is 2.29. The molecule has 0 aliphatic rings. The monoisotopic (exact) mass is 295 g/mol. The number of rotatable bonds is 5. The lowest BCUT2D eigenvalue weighted by atomic mass is 10.1. The second-order valence-electron chi connectivity index (χ2n) is 5.54. The van der Waals surface area contributed by atoms with Gasteiger partial charge in [0.1, 0.15) is 24.3 Å². The lowest BCUT2D eigenvalue weighted by molar-refractivity contribution is 0.287. The molecule has 3 rings (SSSR count). The first-order chi connectivity index (χ1) is 10.7. The molecule has 0 aliphatic carbocycles. The summed E-state index contributed by atoms with van der Waals surface area (Å²) in [7, 11) is 0. The number of aromatic amines is 1. The summed E-state index contributed by atoms with van der Waals surface area (Å²) in [6, 6.07) is 10.0. The van der Waals surface area contributed by atoms with Gasteiger partial charge in [0.2, 0.25) is 0 Å². The largest absolute Gasteiger partial charge is 0.487 e. The molecule has 112 valence electrons. The Kier molecular flexibility index (Phi) is 3.84. The third-order valence-corrected chi connectivity index (χ3v) is 3.58. The number of aromatic nitrogens is 2. The molecule has 0 aliphatic heterocycles. The molecule has 0 atom stereocenters. The van der Waals surface area contributed by atoms with Crippen molar-refractivity contribution in [2.24, 2.45) is 0 Å². The maximum atomic E-state index is 9.02. The van der Waals surface area contributed by atoms with Gasteiger partial charge in [-0.15, -0.1) is 0 Å². The number of fused-ring (bicyclic) bond motifs is 1. The highest BCUT2D eigenvalue weighted by atomic mass is 16.5. The number of hydrogen-bond acceptors (Lipinski definition) is 4. The molecular formula is C17H17N3O2. The van der Waals surface area contributed by atoms with Crippen LogP contribution >= 0.6 is 0 Å². The first-order valence-corrected chi connectivity index (χ1v) is 7.22. The van der Waals surface area contributed by atoms with Crippen LogP contribution in [-0.2, 0) is 13.0 Å². The maximum Gasteiger partial charge on any atom is 0.134 e. The molecule has 0 saturated carbocycles. The van der Waals surface area contributed by atoms with Crippen LogP contribution in [0.5, 0.6) is 5.75 Å². The Morgan fingerprint density at radius 3 is 2.91 bits per heavy atom. The number of benzene rings is 1. The average molecular weight is 295 g/mol. The van der Waals surface area contributed by atoms with Crippen molar-refractivity contribution >= 4 is 10.9 Å². The lowest BCUT2D eigenvalue weighted by Gasteiger charge is -2.09. The SMILES string of the molecule is CC(C)c1cc2cc(CC#N)c(OCc3ccon3)cc2[nH]1. The summed E-state index contributed by atoms with van der Waals surface area (Å²) in [5.41, 5.74) is 3.79. The van der Waals surface area contributed by atoms with E-state index in [-0.39, 0.29) is 0 Å². The van der Waals surface area contributed by atoms with Gasteiger partial charge in [0.05, 0.1) is 12.5 Å². The molecule has 3 aromatic rings. The number of hydrogen-bond donors (Lipinski definition) is 1. The Morgan fingerprint density at radius 1 is 1.36 bits per heavy atom. The van der Waals surface area contributed by atoms with E-state index < -0.39 is 0 Å². The van der Waals surface area contributed by atoms with Crippen LogP contribution in [0.15, 0.2) is 35.1 Å². The zero-order valence-corrected chi connectivity index (χ0v) is 12.6. The van der Waals surface area contributed by atoms with Crippen molar-refractivity contribution in [3.05, 3.63) is 47.5 Å². The smallest absolute Gasteiger partial charge is 0.134 e. The van der Waals surface area contributed by atoms with Crippen molar-refractivity contribution in [3.63, 3.8) is 0 Å². The number of H-pyrrole nitrogens is 1. The van der Waals surface area contributed by atoms with Gasteiger partial charge in [-0.2, -0.15) is 5.26 Å². The van der Waals surface area contributed by atoms with Crippen molar-refractivity contribution in [1.29, 1.82) is 5.26 Å². The van der Waals surface area contributed by atoms with Gasteiger partial charge >= 0.3 is 0 Å². The zero-order valence-electron chi connectivity index (χ0n) is 12.6. The van der Waals surface area contributed by atoms with Crippen molar-refractivity contribution < 1.29 is 9.26 Å². The Hall–Kier alpha value is -2.74. The minimum Gasteiger partial charge on any atom is -0.487 e. The normalized spacial score (nSPS) is 11.0. The van der Waals surface area contributed by atoms with E-state index in [9.17, 15) is 0 Å². The summed E-state index contributed by atoms with van der Waals surface area (Å²) in [6.07, 6.45) is 1.82. The molecule has 22 heavy (non-hydrogen) atoms. The van der Waals surface area contributed by atoms with E-state index in [1.54, 1.807) is 6.07 Å². The average Bonchev–Trinajstić information content (AvgIpc) is 3.14. The number of nitrogens with one attached hydrogen (secondary N) is 1. The number of ether oxygens (including phenoxy) is 1. The van der Waals surface area contributed by atoms with Crippen LogP contribution in [0.3, 0.4) is 0 Å². The summed E-state index contributed by atoms with van der Waals surface area (Å²) < 4.78 is 10.6. The maximum absolute atomic E-state index is 9.02. The van der Waals surface area contributed by atoms with Crippen molar-refractivity contribution in [1.82, 2.24) is 10.1 Å². The highest BCUT2D eigenvalue weighted by Gasteiger charge is 2.11. The van der Waals surface area contributed by atoms with E-state index in [0.717, 1.165) is 22.2 Å². The molecule has 0 amide bonds. The van der Waals surface area contributed by atoms with E-state index in [1.807, 2.05) is 12.1 Å². The van der Waals surface area contributed by atoms with Gasteiger partial charge in [0, 0.05) is 34.3 Å². The summed E-state index contributed by atoms with van der Waals surface area (Å²) in [5.74, 6) is 1.13. The Balaban J connectivity index is 1.95. The van der Waals surface area contributed by atoms with Gasteiger partial charge in [-0.25, -0.2) is 0 Å². The molecule has 0 bridgehead atoms. The number of nitrogens with zero attached hydrogens (tertiary/aromatic N) is 2. The van der Waals surface area contributed by atoms with Crippen LogP contribution in [0.1, 0.15) is 36.7 Å². The summed E-state index contributed by atoms with van der Waals surface area (Å²) in [5, 5.41) is 13.9.